The van der Waals surface area contributed by atoms with Gasteiger partial charge in [-0.05, 0) is 6.92 Å². The van der Waals surface area contributed by atoms with Crippen LogP contribution in [0.4, 0.5) is 0 Å². The average Bonchev–Trinajstić information content (AvgIpc) is 2.25. The van der Waals surface area contributed by atoms with Gasteiger partial charge in [0.2, 0.25) is 0 Å². The Labute approximate surface area is 95.2 Å². The summed E-state index contributed by atoms with van der Waals surface area (Å²) in [7, 11) is 2.84. The van der Waals surface area contributed by atoms with Crippen LogP contribution in [0.15, 0.2) is 12.7 Å². The predicted octanol–water partition coefficient (Wildman–Crippen LogP) is -2.43. The van der Waals surface area contributed by atoms with Crippen LogP contribution in [-0.4, -0.2) is 38.5 Å². The van der Waals surface area contributed by atoms with Crippen LogP contribution in [0.25, 0.3) is 0 Å². The smallest absolute Gasteiger partial charge is 0.332 e. The summed E-state index contributed by atoms with van der Waals surface area (Å²) in [4.78, 5) is 25.1. The number of nitrogens with zero attached hydrogens (tertiary/aromatic N) is 1. The molecular formula is C8H16ClNO5. The quantitative estimate of drug-likeness (QED) is 0.163. The Morgan fingerprint density at radius 1 is 1.40 bits per heavy atom. The topological polar surface area (TPSA) is 54.0 Å². The lowest BCUT2D eigenvalue weighted by Gasteiger charge is -2.24. The maximum atomic E-state index is 10.7. The molecule has 0 spiro atoms. The molecule has 15 heavy (non-hydrogen) atoms. The van der Waals surface area contributed by atoms with E-state index in [0.717, 1.165) is 6.08 Å². The Kier molecular flexibility index (Phi) is 9.64. The number of esters is 1. The van der Waals surface area contributed by atoms with Gasteiger partial charge in [0.05, 0.1) is 4.97 Å². The van der Waals surface area contributed by atoms with Crippen LogP contribution in [0.2, 0.25) is 0 Å². The minimum absolute atomic E-state index is 0. The molecule has 0 aromatic heterocycles. The van der Waals surface area contributed by atoms with Crippen molar-refractivity contribution in [1.29, 1.82) is 0 Å². The standard InChI is InChI=1S/C8H16NO5.ClH/c1-5-8(10)13-7-14-9(6-2,11-3)12-4;/h5H,1,6-7H2,2-4H3;1H/q+1;/p-1. The minimum atomic E-state index is -0.564. The lowest BCUT2D eigenvalue weighted by molar-refractivity contribution is -1.36. The number of quaternary nitrogens is 1. The van der Waals surface area contributed by atoms with Gasteiger partial charge in [-0.25, -0.2) is 4.79 Å². The Morgan fingerprint density at radius 2 is 1.93 bits per heavy atom. The average molecular weight is 242 g/mol. The van der Waals surface area contributed by atoms with Crippen molar-refractivity contribution in [3.63, 3.8) is 0 Å². The first kappa shape index (κ1) is 16.8. The van der Waals surface area contributed by atoms with Gasteiger partial charge in [-0.15, -0.1) is 9.68 Å². The van der Waals surface area contributed by atoms with E-state index in [4.69, 9.17) is 14.5 Å². The van der Waals surface area contributed by atoms with E-state index in [-0.39, 0.29) is 19.2 Å². The molecule has 90 valence electrons. The summed E-state index contributed by atoms with van der Waals surface area (Å²) in [6.07, 6.45) is 1.05. The second-order valence-electron chi connectivity index (χ2n) is 2.21. The largest absolute Gasteiger partial charge is 1.00 e. The third kappa shape index (κ3) is 5.71. The number of ether oxygens (including phenoxy) is 1. The van der Waals surface area contributed by atoms with E-state index in [9.17, 15) is 4.79 Å². The molecule has 0 aliphatic rings. The highest BCUT2D eigenvalue weighted by Crippen LogP contribution is 2.08. The fourth-order valence-corrected chi connectivity index (χ4v) is 0.753. The van der Waals surface area contributed by atoms with Gasteiger partial charge in [0.1, 0.15) is 14.2 Å². The lowest BCUT2D eigenvalue weighted by Crippen LogP contribution is -3.00. The Hall–Kier alpha value is -0.660. The maximum absolute atomic E-state index is 10.7. The van der Waals surface area contributed by atoms with Gasteiger partial charge in [0, 0.05) is 6.08 Å². The summed E-state index contributed by atoms with van der Waals surface area (Å²) in [5, 5.41) is 0. The first-order valence-electron chi connectivity index (χ1n) is 4.07. The summed E-state index contributed by atoms with van der Waals surface area (Å²) in [6, 6.07) is 0. The summed E-state index contributed by atoms with van der Waals surface area (Å²) < 4.78 is 4.60. The Bertz CT molecular complexity index is 187. The van der Waals surface area contributed by atoms with Crippen LogP contribution in [0.3, 0.4) is 0 Å². The molecule has 6 nitrogen and oxygen atoms in total. The summed E-state index contributed by atoms with van der Waals surface area (Å²) >= 11 is 0. The number of rotatable bonds is 7. The van der Waals surface area contributed by atoms with Crippen molar-refractivity contribution in [3.05, 3.63) is 12.7 Å². The number of hydrogen-bond acceptors (Lipinski definition) is 5. The molecule has 0 saturated carbocycles. The van der Waals surface area contributed by atoms with E-state index in [0.29, 0.717) is 6.54 Å². The normalized spacial score (nSPS) is 10.3. The molecule has 0 heterocycles. The van der Waals surface area contributed by atoms with Gasteiger partial charge in [0.25, 0.3) is 6.79 Å². The van der Waals surface area contributed by atoms with Gasteiger partial charge in [-0.2, -0.15) is 0 Å². The van der Waals surface area contributed by atoms with Crippen molar-refractivity contribution in [2.24, 2.45) is 0 Å². The van der Waals surface area contributed by atoms with Crippen LogP contribution >= 0.6 is 0 Å². The van der Waals surface area contributed by atoms with E-state index in [1.807, 2.05) is 0 Å². The minimum Gasteiger partial charge on any atom is -1.00 e. The molecule has 0 aromatic rings. The lowest BCUT2D eigenvalue weighted by atomic mass is 10.7. The van der Waals surface area contributed by atoms with Crippen molar-refractivity contribution >= 4 is 5.97 Å². The van der Waals surface area contributed by atoms with E-state index in [2.05, 4.69) is 11.3 Å². The van der Waals surface area contributed by atoms with Crippen molar-refractivity contribution in [2.75, 3.05) is 27.6 Å². The number of carbonyl (C=O) groups is 1. The molecule has 0 unspecified atom stereocenters. The van der Waals surface area contributed by atoms with Crippen molar-refractivity contribution in [3.8, 4) is 0 Å². The summed E-state index contributed by atoms with van der Waals surface area (Å²) in [5.41, 5.74) is 0. The van der Waals surface area contributed by atoms with Crippen LogP contribution < -0.4 is 12.4 Å². The van der Waals surface area contributed by atoms with Crippen LogP contribution in [0, 0.1) is 0 Å². The van der Waals surface area contributed by atoms with Gasteiger partial charge in [-0.3, -0.25) is 0 Å². The molecule has 0 rings (SSSR count). The van der Waals surface area contributed by atoms with Crippen molar-refractivity contribution in [1.82, 2.24) is 0 Å². The molecule has 0 fully saturated rings. The number of hydroxylamine groups is 3. The summed E-state index contributed by atoms with van der Waals surface area (Å²) in [5.74, 6) is -0.564. The third-order valence-corrected chi connectivity index (χ3v) is 1.56. The molecule has 0 bridgehead atoms. The van der Waals surface area contributed by atoms with Gasteiger partial charge >= 0.3 is 5.97 Å². The number of halogens is 1. The fraction of sp³-hybridized carbons (Fsp3) is 0.625. The van der Waals surface area contributed by atoms with E-state index in [1.165, 1.54) is 14.2 Å². The van der Waals surface area contributed by atoms with E-state index in [1.54, 1.807) is 6.92 Å². The second-order valence-corrected chi connectivity index (χ2v) is 2.21. The number of hydrogen-bond donors (Lipinski definition) is 0. The van der Waals surface area contributed by atoms with Crippen LogP contribution in [0.5, 0.6) is 0 Å². The van der Waals surface area contributed by atoms with Gasteiger partial charge < -0.3 is 17.1 Å². The molecular weight excluding hydrogens is 226 g/mol. The molecule has 0 aromatic carbocycles. The van der Waals surface area contributed by atoms with Crippen LogP contribution in [0.1, 0.15) is 6.92 Å². The number of carbonyl (C=O) groups excluding carboxylic acids is 1. The molecule has 0 aliphatic carbocycles. The van der Waals surface area contributed by atoms with Gasteiger partial charge in [0.15, 0.2) is 6.54 Å². The first-order chi connectivity index (χ1) is 6.64. The Morgan fingerprint density at radius 3 is 2.27 bits per heavy atom. The van der Waals surface area contributed by atoms with E-state index < -0.39 is 10.9 Å². The maximum Gasteiger partial charge on any atom is 0.332 e. The molecule has 0 saturated heterocycles. The molecule has 0 aliphatic heterocycles. The highest BCUT2D eigenvalue weighted by atomic mass is 35.5. The molecule has 0 N–H and O–H groups in total. The van der Waals surface area contributed by atoms with Gasteiger partial charge in [-0.1, -0.05) is 11.4 Å². The zero-order chi connectivity index (χ0) is 11.0. The molecule has 0 atom stereocenters. The molecule has 0 amide bonds. The first-order valence-corrected chi connectivity index (χ1v) is 4.07. The zero-order valence-corrected chi connectivity index (χ0v) is 9.82. The van der Waals surface area contributed by atoms with Crippen molar-refractivity contribution < 1.29 is 41.4 Å². The zero-order valence-electron chi connectivity index (χ0n) is 9.07. The Balaban J connectivity index is 0. The molecule has 0 radical (unpaired) electrons. The fourth-order valence-electron chi connectivity index (χ4n) is 0.753. The predicted molar refractivity (Wildman–Crippen MR) is 47.1 cm³/mol. The van der Waals surface area contributed by atoms with Crippen LogP contribution in [-0.2, 0) is 24.0 Å². The molecule has 7 heteroatoms. The third-order valence-electron chi connectivity index (χ3n) is 1.56. The highest BCUT2D eigenvalue weighted by Gasteiger charge is 2.30. The van der Waals surface area contributed by atoms with E-state index >= 15 is 0 Å². The monoisotopic (exact) mass is 241 g/mol. The summed E-state index contributed by atoms with van der Waals surface area (Å²) in [6.45, 7) is 5.18. The van der Waals surface area contributed by atoms with Crippen molar-refractivity contribution in [2.45, 2.75) is 6.92 Å². The highest BCUT2D eigenvalue weighted by molar-refractivity contribution is 5.81. The second kappa shape index (κ2) is 8.63. The SMILES string of the molecule is C=CC(=O)OCO[N+](CC)(OC)OC.[Cl-].